The molecule has 110 valence electrons. The van der Waals surface area contributed by atoms with E-state index in [0.717, 1.165) is 25.5 Å². The zero-order valence-corrected chi connectivity index (χ0v) is 11.4. The first-order chi connectivity index (χ1) is 9.47. The van der Waals surface area contributed by atoms with Gasteiger partial charge in [0.15, 0.2) is 0 Å². The van der Waals surface area contributed by atoms with E-state index < -0.39 is 22.2 Å². The van der Waals surface area contributed by atoms with Crippen LogP contribution in [0.15, 0.2) is 12.1 Å². The molecule has 0 spiro atoms. The molecule has 0 radical (unpaired) electrons. The average molecular weight is 284 g/mol. The van der Waals surface area contributed by atoms with Gasteiger partial charge in [0.25, 0.3) is 0 Å². The molecule has 0 aromatic heterocycles. The zero-order chi connectivity index (χ0) is 14.8. The number of benzene rings is 1. The molecular weight excluding hydrogens is 266 g/mol. The molecule has 4 nitrogen and oxygen atoms in total. The van der Waals surface area contributed by atoms with E-state index in [-0.39, 0.29) is 12.1 Å². The lowest BCUT2D eigenvalue weighted by atomic mass is 10.0. The van der Waals surface area contributed by atoms with Crippen molar-refractivity contribution in [3.05, 3.63) is 39.4 Å². The maximum absolute atomic E-state index is 13.6. The highest BCUT2D eigenvalue weighted by molar-refractivity contribution is 5.37. The van der Waals surface area contributed by atoms with E-state index in [4.69, 9.17) is 0 Å². The van der Waals surface area contributed by atoms with Gasteiger partial charge in [-0.2, -0.15) is 4.39 Å². The molecule has 0 saturated heterocycles. The number of nitro benzene ring substituents is 1. The molecule has 0 heterocycles. The van der Waals surface area contributed by atoms with Crippen LogP contribution < -0.4 is 5.32 Å². The number of nitrogens with zero attached hydrogens (tertiary/aromatic N) is 1. The largest absolute Gasteiger partial charge is 0.312 e. The molecule has 1 N–H and O–H groups in total. The van der Waals surface area contributed by atoms with Gasteiger partial charge in [-0.1, -0.05) is 13.3 Å². The summed E-state index contributed by atoms with van der Waals surface area (Å²) in [5.74, 6) is -1.89. The zero-order valence-electron chi connectivity index (χ0n) is 11.4. The van der Waals surface area contributed by atoms with Gasteiger partial charge < -0.3 is 5.32 Å². The van der Waals surface area contributed by atoms with Crippen molar-refractivity contribution in [2.45, 2.75) is 39.2 Å². The minimum atomic E-state index is -1.14. The highest BCUT2D eigenvalue weighted by atomic mass is 19.1. The molecule has 1 aliphatic rings. The van der Waals surface area contributed by atoms with Crippen LogP contribution in [0.3, 0.4) is 0 Å². The number of hydrogen-bond donors (Lipinski definition) is 1. The number of rotatable bonds is 7. The Kier molecular flexibility index (Phi) is 4.32. The Hall–Kier alpha value is -1.56. The summed E-state index contributed by atoms with van der Waals surface area (Å²) in [5, 5.41) is 13.8. The van der Waals surface area contributed by atoms with E-state index in [0.29, 0.717) is 11.5 Å². The molecule has 0 bridgehead atoms. The van der Waals surface area contributed by atoms with Crippen molar-refractivity contribution in [2.75, 3.05) is 6.54 Å². The predicted octanol–water partition coefficient (Wildman–Crippen LogP) is 3.54. The first kappa shape index (κ1) is 14.8. The summed E-state index contributed by atoms with van der Waals surface area (Å²) in [7, 11) is 0. The summed E-state index contributed by atoms with van der Waals surface area (Å²) in [4.78, 5) is 9.80. The van der Waals surface area contributed by atoms with Gasteiger partial charge in [0, 0.05) is 30.8 Å². The fraction of sp³-hybridized carbons (Fsp3) is 0.571. The highest BCUT2D eigenvalue weighted by Gasteiger charge is 2.40. The normalized spacial score (nSPS) is 16.1. The van der Waals surface area contributed by atoms with Crippen LogP contribution in [-0.2, 0) is 6.54 Å². The monoisotopic (exact) mass is 284 g/mol. The molecule has 0 atom stereocenters. The van der Waals surface area contributed by atoms with Crippen molar-refractivity contribution < 1.29 is 13.7 Å². The van der Waals surface area contributed by atoms with Gasteiger partial charge in [0.1, 0.15) is 5.82 Å². The van der Waals surface area contributed by atoms with Gasteiger partial charge in [-0.25, -0.2) is 4.39 Å². The first-order valence-electron chi connectivity index (χ1n) is 6.80. The van der Waals surface area contributed by atoms with Crippen LogP contribution in [0.5, 0.6) is 0 Å². The Bertz CT molecular complexity index is 516. The number of hydrogen-bond acceptors (Lipinski definition) is 3. The molecule has 0 aliphatic heterocycles. The lowest BCUT2D eigenvalue weighted by Crippen LogP contribution is -2.24. The summed E-state index contributed by atoms with van der Waals surface area (Å²) in [6, 6.07) is 1.55. The molecule has 6 heteroatoms. The second-order valence-corrected chi connectivity index (χ2v) is 5.51. The van der Waals surface area contributed by atoms with Crippen LogP contribution in [0.4, 0.5) is 14.5 Å². The molecular formula is C14H18F2N2O2. The third-order valence-corrected chi connectivity index (χ3v) is 3.87. The maximum atomic E-state index is 13.6. The molecule has 0 amide bonds. The Morgan fingerprint density at radius 3 is 2.60 bits per heavy atom. The first-order valence-corrected chi connectivity index (χ1v) is 6.80. The Labute approximate surface area is 116 Å². The molecule has 1 aromatic rings. The van der Waals surface area contributed by atoms with E-state index in [9.17, 15) is 18.9 Å². The summed E-state index contributed by atoms with van der Waals surface area (Å²) in [5.41, 5.74) is -0.236. The predicted molar refractivity (Wildman–Crippen MR) is 71.3 cm³/mol. The molecule has 20 heavy (non-hydrogen) atoms. The Morgan fingerprint density at radius 1 is 1.35 bits per heavy atom. The minimum absolute atomic E-state index is 0.130. The van der Waals surface area contributed by atoms with Crippen molar-refractivity contribution in [3.8, 4) is 0 Å². The summed E-state index contributed by atoms with van der Waals surface area (Å²) in [6.07, 6.45) is 4.57. The third kappa shape index (κ3) is 3.30. The van der Waals surface area contributed by atoms with Gasteiger partial charge in [0.05, 0.1) is 4.92 Å². The van der Waals surface area contributed by atoms with Gasteiger partial charge in [0.2, 0.25) is 5.82 Å². The van der Waals surface area contributed by atoms with Crippen molar-refractivity contribution in [2.24, 2.45) is 5.41 Å². The van der Waals surface area contributed by atoms with E-state index in [1.54, 1.807) is 0 Å². The summed E-state index contributed by atoms with van der Waals surface area (Å²) < 4.78 is 26.8. The SMILES string of the molecule is CCCC1(CNCc2cc([N+](=O)[O-])c(F)cc2F)CC1. The standard InChI is InChI=1S/C14H18F2N2O2/c1-2-3-14(4-5-14)9-17-8-10-6-13(18(19)20)12(16)7-11(10)15/h6-7,17H,2-5,8-9H2,1H3. The smallest absolute Gasteiger partial charge is 0.305 e. The van der Waals surface area contributed by atoms with E-state index >= 15 is 0 Å². The van der Waals surface area contributed by atoms with Crippen LogP contribution in [-0.4, -0.2) is 11.5 Å². The van der Waals surface area contributed by atoms with E-state index in [2.05, 4.69) is 12.2 Å². The number of halogens is 2. The third-order valence-electron chi connectivity index (χ3n) is 3.87. The lowest BCUT2D eigenvalue weighted by molar-refractivity contribution is -0.387. The molecule has 1 aliphatic carbocycles. The van der Waals surface area contributed by atoms with Gasteiger partial charge in [-0.15, -0.1) is 0 Å². The lowest BCUT2D eigenvalue weighted by Gasteiger charge is -2.15. The molecule has 2 rings (SSSR count). The van der Waals surface area contributed by atoms with E-state index in [1.165, 1.54) is 12.8 Å². The molecule has 0 unspecified atom stereocenters. The molecule has 1 aromatic carbocycles. The van der Waals surface area contributed by atoms with Crippen LogP contribution in [0.25, 0.3) is 0 Å². The Balaban J connectivity index is 1.99. The quantitative estimate of drug-likeness (QED) is 0.615. The van der Waals surface area contributed by atoms with Gasteiger partial charge in [-0.3, -0.25) is 10.1 Å². The van der Waals surface area contributed by atoms with Crippen molar-refractivity contribution in [3.63, 3.8) is 0 Å². The van der Waals surface area contributed by atoms with Crippen molar-refractivity contribution >= 4 is 5.69 Å². The van der Waals surface area contributed by atoms with Crippen LogP contribution in [0.2, 0.25) is 0 Å². The van der Waals surface area contributed by atoms with Crippen molar-refractivity contribution in [1.29, 1.82) is 0 Å². The minimum Gasteiger partial charge on any atom is -0.312 e. The van der Waals surface area contributed by atoms with Gasteiger partial charge >= 0.3 is 5.69 Å². The second-order valence-electron chi connectivity index (χ2n) is 5.51. The van der Waals surface area contributed by atoms with E-state index in [1.807, 2.05) is 0 Å². The van der Waals surface area contributed by atoms with Crippen LogP contribution in [0.1, 0.15) is 38.2 Å². The summed E-state index contributed by atoms with van der Waals surface area (Å²) in [6.45, 7) is 3.08. The Morgan fingerprint density at radius 2 is 2.05 bits per heavy atom. The molecule has 1 saturated carbocycles. The fourth-order valence-electron chi connectivity index (χ4n) is 2.54. The second kappa shape index (κ2) is 5.83. The average Bonchev–Trinajstić information content (AvgIpc) is 3.12. The molecule has 1 fully saturated rings. The topological polar surface area (TPSA) is 55.2 Å². The summed E-state index contributed by atoms with van der Waals surface area (Å²) >= 11 is 0. The fourth-order valence-corrected chi connectivity index (χ4v) is 2.54. The van der Waals surface area contributed by atoms with Crippen molar-refractivity contribution in [1.82, 2.24) is 5.32 Å². The number of nitrogens with one attached hydrogen (secondary N) is 1. The number of nitro groups is 1. The van der Waals surface area contributed by atoms with Crippen LogP contribution in [0, 0.1) is 27.2 Å². The highest BCUT2D eigenvalue weighted by Crippen LogP contribution is 2.48. The maximum Gasteiger partial charge on any atom is 0.305 e. The van der Waals surface area contributed by atoms with Crippen LogP contribution >= 0.6 is 0 Å². The van der Waals surface area contributed by atoms with Gasteiger partial charge in [-0.05, 0) is 24.7 Å².